The lowest BCUT2D eigenvalue weighted by atomic mass is 10.0. The Labute approximate surface area is 180 Å². The van der Waals surface area contributed by atoms with E-state index in [1.165, 1.54) is 0 Å². The van der Waals surface area contributed by atoms with Crippen LogP contribution >= 0.6 is 0 Å². The van der Waals surface area contributed by atoms with E-state index < -0.39 is 6.17 Å². The van der Waals surface area contributed by atoms with E-state index in [-0.39, 0.29) is 12.7 Å². The van der Waals surface area contributed by atoms with Crippen molar-refractivity contribution in [1.82, 2.24) is 0 Å². The molecule has 3 aromatic carbocycles. The molecule has 0 saturated carbocycles. The van der Waals surface area contributed by atoms with Gasteiger partial charge in [-0.2, -0.15) is 0 Å². The minimum atomic E-state index is -0.469. The van der Waals surface area contributed by atoms with Crippen molar-refractivity contribution in [3.05, 3.63) is 71.8 Å². The van der Waals surface area contributed by atoms with Crippen LogP contribution in [-0.2, 0) is 0 Å². The Morgan fingerprint density at radius 1 is 1.10 bits per heavy atom. The summed E-state index contributed by atoms with van der Waals surface area (Å²) in [4.78, 5) is 15.3. The van der Waals surface area contributed by atoms with Crippen LogP contribution in [0.4, 0.5) is 11.4 Å². The number of methoxy groups -OCH3 is 1. The molecule has 0 radical (unpaired) electrons. The summed E-state index contributed by atoms with van der Waals surface area (Å²) >= 11 is 0. The largest absolute Gasteiger partial charge is 0.494 e. The number of benzene rings is 3. The molecule has 7 nitrogen and oxygen atoms in total. The number of carbonyl (C=O) groups excluding carboxylic acids is 1. The van der Waals surface area contributed by atoms with Gasteiger partial charge in [0.15, 0.2) is 11.5 Å². The predicted octanol–water partition coefficient (Wildman–Crippen LogP) is 4.59. The molecule has 0 fully saturated rings. The molecule has 2 aliphatic heterocycles. The molecule has 0 bridgehead atoms. The second-order valence-corrected chi connectivity index (χ2v) is 7.15. The average molecular weight is 418 g/mol. The molecule has 158 valence electrons. The van der Waals surface area contributed by atoms with Crippen LogP contribution in [0.25, 0.3) is 0 Å². The van der Waals surface area contributed by atoms with Crippen LogP contribution in [0.3, 0.4) is 0 Å². The highest BCUT2D eigenvalue weighted by molar-refractivity contribution is 6.12. The summed E-state index contributed by atoms with van der Waals surface area (Å²) in [7, 11) is 1.58. The molecular weight excluding hydrogens is 396 g/mol. The van der Waals surface area contributed by atoms with Crippen LogP contribution in [0, 0.1) is 0 Å². The molecule has 0 saturated heterocycles. The van der Waals surface area contributed by atoms with Crippen LogP contribution in [-0.4, -0.2) is 26.4 Å². The summed E-state index contributed by atoms with van der Waals surface area (Å²) in [5, 5.41) is 3.50. The van der Waals surface area contributed by atoms with Gasteiger partial charge in [-0.05, 0) is 55.5 Å². The molecule has 5 rings (SSSR count). The number of nitrogens with zero attached hydrogens (tertiary/aromatic N) is 1. The van der Waals surface area contributed by atoms with E-state index >= 15 is 0 Å². The first kappa shape index (κ1) is 19.1. The van der Waals surface area contributed by atoms with Crippen LogP contribution in [0.15, 0.2) is 60.7 Å². The summed E-state index contributed by atoms with van der Waals surface area (Å²) in [6.45, 7) is 2.65. The topological polar surface area (TPSA) is 69.3 Å². The van der Waals surface area contributed by atoms with Crippen molar-refractivity contribution >= 4 is 17.3 Å². The van der Waals surface area contributed by atoms with Crippen LogP contribution in [0.5, 0.6) is 23.0 Å². The SMILES string of the molecule is CCOc1ccc(N2C(=O)c3ccccc3N[C@H]2c2cc(OC)c3c(c2)OCO3)cc1. The lowest BCUT2D eigenvalue weighted by molar-refractivity contribution is 0.0974. The van der Waals surface area contributed by atoms with Gasteiger partial charge in [0.1, 0.15) is 11.9 Å². The molecular formula is C24H22N2O5. The fourth-order valence-electron chi connectivity index (χ4n) is 3.93. The predicted molar refractivity (Wildman–Crippen MR) is 116 cm³/mol. The number of carbonyl (C=O) groups is 1. The molecule has 0 spiro atoms. The molecule has 7 heteroatoms. The Bertz CT molecular complexity index is 1130. The summed E-state index contributed by atoms with van der Waals surface area (Å²) < 4.78 is 22.2. The maximum Gasteiger partial charge on any atom is 0.262 e. The van der Waals surface area contributed by atoms with Gasteiger partial charge in [0.05, 0.1) is 19.3 Å². The lowest BCUT2D eigenvalue weighted by Gasteiger charge is -2.38. The third kappa shape index (κ3) is 3.28. The van der Waals surface area contributed by atoms with Crippen molar-refractivity contribution in [3.63, 3.8) is 0 Å². The van der Waals surface area contributed by atoms with E-state index in [9.17, 15) is 4.79 Å². The quantitative estimate of drug-likeness (QED) is 0.653. The Morgan fingerprint density at radius 2 is 1.90 bits per heavy atom. The number of nitrogens with one attached hydrogen (secondary N) is 1. The Balaban J connectivity index is 1.62. The van der Waals surface area contributed by atoms with Crippen LogP contribution in [0.1, 0.15) is 29.0 Å². The number of amides is 1. The molecule has 1 atom stereocenters. The van der Waals surface area contributed by atoms with Crippen molar-refractivity contribution in [3.8, 4) is 23.0 Å². The lowest BCUT2D eigenvalue weighted by Crippen LogP contribution is -2.43. The fourth-order valence-corrected chi connectivity index (χ4v) is 3.93. The number of anilines is 2. The number of rotatable bonds is 5. The van der Waals surface area contributed by atoms with Crippen LogP contribution in [0.2, 0.25) is 0 Å². The Kier molecular flexibility index (Phi) is 4.78. The van der Waals surface area contributed by atoms with Gasteiger partial charge in [-0.15, -0.1) is 0 Å². The van der Waals surface area contributed by atoms with Gasteiger partial charge in [-0.25, -0.2) is 0 Å². The minimum Gasteiger partial charge on any atom is -0.494 e. The first-order chi connectivity index (χ1) is 15.2. The third-order valence-corrected chi connectivity index (χ3v) is 5.35. The fraction of sp³-hybridized carbons (Fsp3) is 0.208. The van der Waals surface area contributed by atoms with Crippen molar-refractivity contribution in [2.75, 3.05) is 30.7 Å². The Morgan fingerprint density at radius 3 is 2.68 bits per heavy atom. The minimum absolute atomic E-state index is 0.0971. The zero-order valence-electron chi connectivity index (χ0n) is 17.3. The monoisotopic (exact) mass is 418 g/mol. The number of hydrogen-bond donors (Lipinski definition) is 1. The van der Waals surface area contributed by atoms with Gasteiger partial charge in [0.2, 0.25) is 12.5 Å². The van der Waals surface area contributed by atoms with Gasteiger partial charge < -0.3 is 24.3 Å². The first-order valence-corrected chi connectivity index (χ1v) is 10.1. The maximum absolute atomic E-state index is 13.6. The van der Waals surface area contributed by atoms with E-state index in [2.05, 4.69) is 5.32 Å². The second-order valence-electron chi connectivity index (χ2n) is 7.15. The molecule has 0 unspecified atom stereocenters. The molecule has 1 amide bonds. The summed E-state index contributed by atoms with van der Waals surface area (Å²) in [5.74, 6) is 2.38. The van der Waals surface area contributed by atoms with Crippen molar-refractivity contribution in [2.24, 2.45) is 0 Å². The van der Waals surface area contributed by atoms with Crippen molar-refractivity contribution in [2.45, 2.75) is 13.1 Å². The zero-order valence-corrected chi connectivity index (χ0v) is 17.3. The second kappa shape index (κ2) is 7.75. The zero-order chi connectivity index (χ0) is 21.4. The van der Waals surface area contributed by atoms with Crippen LogP contribution < -0.4 is 29.2 Å². The summed E-state index contributed by atoms with van der Waals surface area (Å²) in [5.41, 5.74) is 2.95. The van der Waals surface area contributed by atoms with Gasteiger partial charge >= 0.3 is 0 Å². The Hall–Kier alpha value is -3.87. The molecule has 0 aliphatic carbocycles. The molecule has 31 heavy (non-hydrogen) atoms. The maximum atomic E-state index is 13.6. The average Bonchev–Trinajstić information content (AvgIpc) is 3.28. The number of fused-ring (bicyclic) bond motifs is 2. The molecule has 1 N–H and O–H groups in total. The summed E-state index contributed by atoms with van der Waals surface area (Å²) in [6.07, 6.45) is -0.469. The first-order valence-electron chi connectivity index (χ1n) is 10.1. The standard InChI is InChI=1S/C24H22N2O5/c1-3-29-17-10-8-16(9-11-17)26-23(25-19-7-5-4-6-18(19)24(26)27)15-12-20(28-2)22-21(13-15)30-14-31-22/h4-13,23,25H,3,14H2,1-2H3/t23-/m1/s1. The van der Waals surface area contributed by atoms with E-state index in [4.69, 9.17) is 18.9 Å². The van der Waals surface area contributed by atoms with E-state index in [0.29, 0.717) is 29.4 Å². The number of para-hydroxylation sites is 1. The number of hydrogen-bond acceptors (Lipinski definition) is 6. The summed E-state index contributed by atoms with van der Waals surface area (Å²) in [6, 6.07) is 18.7. The van der Waals surface area contributed by atoms with Gasteiger partial charge in [0, 0.05) is 16.9 Å². The van der Waals surface area contributed by atoms with Gasteiger partial charge in [0.25, 0.3) is 5.91 Å². The highest BCUT2D eigenvalue weighted by atomic mass is 16.7. The van der Waals surface area contributed by atoms with E-state index in [1.807, 2.05) is 67.6 Å². The highest BCUT2D eigenvalue weighted by Gasteiger charge is 2.35. The molecule has 3 aromatic rings. The van der Waals surface area contributed by atoms with Gasteiger partial charge in [-0.3, -0.25) is 9.69 Å². The molecule has 2 heterocycles. The highest BCUT2D eigenvalue weighted by Crippen LogP contribution is 2.45. The van der Waals surface area contributed by atoms with E-state index in [0.717, 1.165) is 22.7 Å². The molecule has 2 aliphatic rings. The third-order valence-electron chi connectivity index (χ3n) is 5.35. The molecule has 0 aromatic heterocycles. The normalized spacial score (nSPS) is 16.5. The van der Waals surface area contributed by atoms with Gasteiger partial charge in [-0.1, -0.05) is 12.1 Å². The smallest absolute Gasteiger partial charge is 0.262 e. The van der Waals surface area contributed by atoms with E-state index in [1.54, 1.807) is 12.0 Å². The van der Waals surface area contributed by atoms with Crippen molar-refractivity contribution < 1.29 is 23.7 Å². The van der Waals surface area contributed by atoms with Crippen molar-refractivity contribution in [1.29, 1.82) is 0 Å². The number of ether oxygens (including phenoxy) is 4.